The van der Waals surface area contributed by atoms with Crippen LogP contribution in [0.25, 0.3) is 0 Å². The fourth-order valence-electron chi connectivity index (χ4n) is 4.48. The first-order valence-corrected chi connectivity index (χ1v) is 10.5. The number of likely N-dealkylation sites (tertiary alicyclic amines) is 1. The van der Waals surface area contributed by atoms with Crippen LogP contribution in [0.4, 0.5) is 5.13 Å². The summed E-state index contributed by atoms with van der Waals surface area (Å²) in [4.78, 5) is 32.4. The van der Waals surface area contributed by atoms with E-state index in [1.165, 1.54) is 16.9 Å². The number of amides is 2. The average Bonchev–Trinajstić information content (AvgIpc) is 3.49. The molecule has 1 aromatic heterocycles. The van der Waals surface area contributed by atoms with Crippen LogP contribution in [-0.2, 0) is 9.59 Å². The standard InChI is InChI=1S/C20H20ClN3O2S/c1-10-7-22-20(27-10)23-18(25)17-15-8-24(9-16(15)17)19(26)14-6-13(14)11-2-4-12(21)5-3-11/h2-5,7,13-17H,6,8-9H2,1H3,(H,22,23,25)/t13?,14?,15-,16-/m0/s1. The van der Waals surface area contributed by atoms with E-state index in [4.69, 9.17) is 11.6 Å². The van der Waals surface area contributed by atoms with Crippen molar-refractivity contribution in [2.24, 2.45) is 23.7 Å². The molecule has 2 amide bonds. The lowest BCUT2D eigenvalue weighted by atomic mass is 10.1. The molecule has 2 saturated carbocycles. The first-order chi connectivity index (χ1) is 13.0. The van der Waals surface area contributed by atoms with Crippen molar-refractivity contribution in [3.8, 4) is 0 Å². The molecule has 3 fully saturated rings. The van der Waals surface area contributed by atoms with Crippen LogP contribution >= 0.6 is 22.9 Å². The summed E-state index contributed by atoms with van der Waals surface area (Å²) >= 11 is 7.43. The molecule has 4 atom stereocenters. The van der Waals surface area contributed by atoms with Crippen LogP contribution in [0, 0.1) is 30.6 Å². The zero-order chi connectivity index (χ0) is 18.7. The summed E-state index contributed by atoms with van der Waals surface area (Å²) < 4.78 is 0. The second kappa shape index (κ2) is 6.31. The Hall–Kier alpha value is -1.92. The minimum Gasteiger partial charge on any atom is -0.342 e. The molecule has 140 valence electrons. The van der Waals surface area contributed by atoms with Crippen LogP contribution in [0.5, 0.6) is 0 Å². The van der Waals surface area contributed by atoms with Gasteiger partial charge in [-0.2, -0.15) is 0 Å². The molecule has 2 aromatic rings. The highest BCUT2D eigenvalue weighted by Crippen LogP contribution is 2.55. The monoisotopic (exact) mass is 401 g/mol. The Labute approximate surface area is 166 Å². The lowest BCUT2D eigenvalue weighted by molar-refractivity contribution is -0.133. The van der Waals surface area contributed by atoms with Crippen molar-refractivity contribution < 1.29 is 9.59 Å². The van der Waals surface area contributed by atoms with Gasteiger partial charge in [0.25, 0.3) is 0 Å². The van der Waals surface area contributed by atoms with Gasteiger partial charge in [-0.05, 0) is 48.8 Å². The first kappa shape index (κ1) is 17.2. The second-order valence-corrected chi connectivity index (χ2v) is 9.53. The number of thiazole rings is 1. The number of aryl methyl sites for hydroxylation is 1. The van der Waals surface area contributed by atoms with E-state index in [9.17, 15) is 9.59 Å². The molecule has 7 heteroatoms. The normalized spacial score (nSPS) is 30.7. The van der Waals surface area contributed by atoms with Crippen LogP contribution in [0.15, 0.2) is 30.5 Å². The molecule has 1 saturated heterocycles. The number of hydrogen-bond acceptors (Lipinski definition) is 4. The van der Waals surface area contributed by atoms with Crippen molar-refractivity contribution in [3.05, 3.63) is 45.9 Å². The molecule has 0 radical (unpaired) electrons. The third-order valence-electron chi connectivity index (χ3n) is 6.07. The number of hydrogen-bond donors (Lipinski definition) is 1. The third-order valence-corrected chi connectivity index (χ3v) is 7.15. The fourth-order valence-corrected chi connectivity index (χ4v) is 5.27. The van der Waals surface area contributed by atoms with Gasteiger partial charge in [0.05, 0.1) is 0 Å². The Morgan fingerprint density at radius 1 is 1.22 bits per heavy atom. The van der Waals surface area contributed by atoms with Crippen LogP contribution in [-0.4, -0.2) is 34.8 Å². The highest BCUT2D eigenvalue weighted by Gasteiger charge is 2.61. The van der Waals surface area contributed by atoms with Gasteiger partial charge in [0, 0.05) is 41.0 Å². The zero-order valence-corrected chi connectivity index (χ0v) is 16.5. The number of aromatic nitrogens is 1. The number of carbonyl (C=O) groups excluding carboxylic acids is 2. The van der Waals surface area contributed by atoms with E-state index in [-0.39, 0.29) is 23.7 Å². The Bertz CT molecular complexity index is 900. The van der Waals surface area contributed by atoms with Crippen molar-refractivity contribution in [1.29, 1.82) is 0 Å². The lowest BCUT2D eigenvalue weighted by Gasteiger charge is -2.20. The van der Waals surface area contributed by atoms with Crippen molar-refractivity contribution >= 4 is 39.9 Å². The molecule has 3 aliphatic rings. The number of anilines is 1. The number of rotatable bonds is 4. The molecule has 1 aliphatic heterocycles. The summed E-state index contributed by atoms with van der Waals surface area (Å²) in [5.74, 6) is 1.36. The fraction of sp³-hybridized carbons (Fsp3) is 0.450. The lowest BCUT2D eigenvalue weighted by Crippen LogP contribution is -2.34. The summed E-state index contributed by atoms with van der Waals surface area (Å²) in [7, 11) is 0. The molecule has 27 heavy (non-hydrogen) atoms. The van der Waals surface area contributed by atoms with E-state index in [0.29, 0.717) is 36.0 Å². The summed E-state index contributed by atoms with van der Waals surface area (Å²) in [6.45, 7) is 3.39. The van der Waals surface area contributed by atoms with Gasteiger partial charge < -0.3 is 10.2 Å². The summed E-state index contributed by atoms with van der Waals surface area (Å²) in [5, 5.41) is 4.31. The van der Waals surface area contributed by atoms with Gasteiger partial charge >= 0.3 is 0 Å². The molecule has 1 aromatic carbocycles. The number of carbonyl (C=O) groups is 2. The number of halogens is 1. The molecule has 2 aliphatic carbocycles. The van der Waals surface area contributed by atoms with E-state index in [1.807, 2.05) is 36.1 Å². The van der Waals surface area contributed by atoms with E-state index < -0.39 is 0 Å². The van der Waals surface area contributed by atoms with E-state index in [0.717, 1.165) is 16.3 Å². The molecular formula is C20H20ClN3O2S. The van der Waals surface area contributed by atoms with Gasteiger partial charge in [-0.15, -0.1) is 11.3 Å². The Balaban J connectivity index is 1.14. The second-order valence-electron chi connectivity index (χ2n) is 7.86. The molecule has 0 spiro atoms. The molecule has 2 heterocycles. The average molecular weight is 402 g/mol. The Morgan fingerprint density at radius 3 is 2.56 bits per heavy atom. The number of nitrogens with one attached hydrogen (secondary N) is 1. The summed E-state index contributed by atoms with van der Waals surface area (Å²) in [5.41, 5.74) is 1.19. The van der Waals surface area contributed by atoms with Crippen LogP contribution in [0.3, 0.4) is 0 Å². The number of piperidine rings is 1. The summed E-state index contributed by atoms with van der Waals surface area (Å²) in [6, 6.07) is 7.80. The maximum atomic E-state index is 12.8. The topological polar surface area (TPSA) is 62.3 Å². The summed E-state index contributed by atoms with van der Waals surface area (Å²) in [6.07, 6.45) is 2.68. The quantitative estimate of drug-likeness (QED) is 0.852. The Morgan fingerprint density at radius 2 is 1.93 bits per heavy atom. The van der Waals surface area contributed by atoms with Gasteiger partial charge in [-0.1, -0.05) is 23.7 Å². The number of nitrogens with zero attached hydrogens (tertiary/aromatic N) is 2. The molecule has 5 rings (SSSR count). The smallest absolute Gasteiger partial charge is 0.229 e. The maximum absolute atomic E-state index is 12.8. The highest BCUT2D eigenvalue weighted by atomic mass is 35.5. The molecule has 5 nitrogen and oxygen atoms in total. The third kappa shape index (κ3) is 3.15. The Kier molecular flexibility index (Phi) is 4.02. The van der Waals surface area contributed by atoms with Gasteiger partial charge in [-0.3, -0.25) is 9.59 Å². The largest absolute Gasteiger partial charge is 0.342 e. The highest BCUT2D eigenvalue weighted by molar-refractivity contribution is 7.15. The minimum atomic E-state index is 0.0320. The molecule has 1 N–H and O–H groups in total. The minimum absolute atomic E-state index is 0.0320. The van der Waals surface area contributed by atoms with Crippen LogP contribution in [0.2, 0.25) is 5.02 Å². The van der Waals surface area contributed by atoms with Crippen molar-refractivity contribution in [3.63, 3.8) is 0 Å². The van der Waals surface area contributed by atoms with Crippen LogP contribution in [0.1, 0.15) is 22.8 Å². The van der Waals surface area contributed by atoms with Gasteiger partial charge in [0.2, 0.25) is 11.8 Å². The van der Waals surface area contributed by atoms with Gasteiger partial charge in [0.1, 0.15) is 0 Å². The number of benzene rings is 1. The van der Waals surface area contributed by atoms with Crippen molar-refractivity contribution in [2.45, 2.75) is 19.3 Å². The van der Waals surface area contributed by atoms with Crippen molar-refractivity contribution in [2.75, 3.05) is 18.4 Å². The zero-order valence-electron chi connectivity index (χ0n) is 14.9. The molecule has 2 unspecified atom stereocenters. The SMILES string of the molecule is Cc1cnc(NC(=O)C2[C@H]3CN(C(=O)C4CC4c4ccc(Cl)cc4)C[C@H]23)s1. The van der Waals surface area contributed by atoms with Crippen LogP contribution < -0.4 is 5.32 Å². The van der Waals surface area contributed by atoms with Crippen molar-refractivity contribution in [1.82, 2.24) is 9.88 Å². The van der Waals surface area contributed by atoms with Gasteiger partial charge in [0.15, 0.2) is 5.13 Å². The maximum Gasteiger partial charge on any atom is 0.229 e. The van der Waals surface area contributed by atoms with E-state index >= 15 is 0 Å². The number of fused-ring (bicyclic) bond motifs is 1. The predicted molar refractivity (Wildman–Crippen MR) is 105 cm³/mol. The van der Waals surface area contributed by atoms with E-state index in [1.54, 1.807) is 6.20 Å². The molecular weight excluding hydrogens is 382 g/mol. The molecule has 0 bridgehead atoms. The first-order valence-electron chi connectivity index (χ1n) is 9.29. The van der Waals surface area contributed by atoms with Gasteiger partial charge in [-0.25, -0.2) is 4.98 Å². The predicted octanol–water partition coefficient (Wildman–Crippen LogP) is 3.55. The van der Waals surface area contributed by atoms with E-state index in [2.05, 4.69) is 10.3 Å².